The molecule has 1 aliphatic rings. The van der Waals surface area contributed by atoms with Gasteiger partial charge in [-0.05, 0) is 38.1 Å². The lowest BCUT2D eigenvalue weighted by Gasteiger charge is -2.36. The van der Waals surface area contributed by atoms with Gasteiger partial charge < -0.3 is 19.3 Å². The van der Waals surface area contributed by atoms with E-state index in [4.69, 9.17) is 9.68 Å². The van der Waals surface area contributed by atoms with E-state index in [-0.39, 0.29) is 5.91 Å². The first-order valence-corrected chi connectivity index (χ1v) is 9.52. The van der Waals surface area contributed by atoms with Gasteiger partial charge in [-0.1, -0.05) is 6.07 Å². The van der Waals surface area contributed by atoms with E-state index in [1.807, 2.05) is 18.2 Å². The molecule has 0 unspecified atom stereocenters. The minimum absolute atomic E-state index is 0.112. The molecule has 4 rings (SSSR count). The molecule has 1 saturated heterocycles. The van der Waals surface area contributed by atoms with Gasteiger partial charge in [-0.2, -0.15) is 5.26 Å². The SMILES string of the molecule is CC(C)(O)c1cc2nccc(C(=O)N3CCN(c4cccc(C#N)c4)CC3)c2o1. The topological polar surface area (TPSA) is 93.6 Å². The first-order chi connectivity index (χ1) is 13.9. The first-order valence-electron chi connectivity index (χ1n) is 9.52. The number of hydrogen-bond donors (Lipinski definition) is 1. The number of pyridine rings is 1. The fraction of sp³-hybridized carbons (Fsp3) is 0.318. The maximum absolute atomic E-state index is 13.1. The van der Waals surface area contributed by atoms with Gasteiger partial charge in [0.1, 0.15) is 16.9 Å². The average Bonchev–Trinajstić information content (AvgIpc) is 3.18. The standard InChI is InChI=1S/C22H22N4O3/c1-22(2,28)19-13-18-20(29-19)17(6-7-24-18)21(27)26-10-8-25(9-11-26)16-5-3-4-15(12-16)14-23/h3-7,12-13,28H,8-11H2,1-2H3. The third-order valence-corrected chi connectivity index (χ3v) is 5.15. The second-order valence-electron chi connectivity index (χ2n) is 7.68. The number of hydrogen-bond acceptors (Lipinski definition) is 6. The van der Waals surface area contributed by atoms with Crippen LogP contribution in [0.25, 0.3) is 11.1 Å². The van der Waals surface area contributed by atoms with Crippen molar-refractivity contribution in [1.29, 1.82) is 5.26 Å². The number of aliphatic hydroxyl groups is 1. The van der Waals surface area contributed by atoms with Crippen LogP contribution in [0.5, 0.6) is 0 Å². The summed E-state index contributed by atoms with van der Waals surface area (Å²) in [7, 11) is 0. The van der Waals surface area contributed by atoms with Gasteiger partial charge in [0.15, 0.2) is 5.58 Å². The highest BCUT2D eigenvalue weighted by atomic mass is 16.4. The van der Waals surface area contributed by atoms with Crippen LogP contribution in [0.3, 0.4) is 0 Å². The molecule has 0 atom stereocenters. The predicted octanol–water partition coefficient (Wildman–Crippen LogP) is 2.89. The van der Waals surface area contributed by atoms with Gasteiger partial charge in [-0.15, -0.1) is 0 Å². The number of nitrogens with zero attached hydrogens (tertiary/aromatic N) is 4. The average molecular weight is 390 g/mol. The minimum atomic E-state index is -1.15. The third kappa shape index (κ3) is 3.67. The fourth-order valence-electron chi connectivity index (χ4n) is 3.52. The van der Waals surface area contributed by atoms with E-state index in [1.165, 1.54) is 0 Å². The van der Waals surface area contributed by atoms with Crippen LogP contribution in [0.1, 0.15) is 35.5 Å². The van der Waals surface area contributed by atoms with Crippen molar-refractivity contribution < 1.29 is 14.3 Å². The maximum atomic E-state index is 13.1. The van der Waals surface area contributed by atoms with Gasteiger partial charge in [0.05, 0.1) is 17.2 Å². The monoisotopic (exact) mass is 390 g/mol. The normalized spacial score (nSPS) is 14.8. The molecule has 1 N–H and O–H groups in total. The van der Waals surface area contributed by atoms with E-state index >= 15 is 0 Å². The number of furan rings is 1. The molecule has 0 saturated carbocycles. The van der Waals surface area contributed by atoms with Crippen LogP contribution in [-0.2, 0) is 5.60 Å². The van der Waals surface area contributed by atoms with Crippen molar-refractivity contribution in [2.75, 3.05) is 31.1 Å². The fourth-order valence-corrected chi connectivity index (χ4v) is 3.52. The van der Waals surface area contributed by atoms with Crippen molar-refractivity contribution in [2.45, 2.75) is 19.4 Å². The van der Waals surface area contributed by atoms with E-state index < -0.39 is 5.60 Å². The van der Waals surface area contributed by atoms with Gasteiger partial charge in [0.2, 0.25) is 0 Å². The Morgan fingerprint density at radius 1 is 1.21 bits per heavy atom. The number of anilines is 1. The number of carbonyl (C=O) groups excluding carboxylic acids is 1. The number of rotatable bonds is 3. The van der Waals surface area contributed by atoms with Crippen LogP contribution >= 0.6 is 0 Å². The number of aromatic nitrogens is 1. The molecule has 1 aromatic carbocycles. The summed E-state index contributed by atoms with van der Waals surface area (Å²) in [6, 6.07) is 13.0. The molecule has 3 aromatic rings. The first kappa shape index (κ1) is 19.0. The predicted molar refractivity (Wildman–Crippen MR) is 109 cm³/mol. The zero-order chi connectivity index (χ0) is 20.6. The highest BCUT2D eigenvalue weighted by Crippen LogP contribution is 2.29. The Kier molecular flexibility index (Phi) is 4.73. The Hall–Kier alpha value is -3.37. The van der Waals surface area contributed by atoms with Crippen molar-refractivity contribution in [2.24, 2.45) is 0 Å². The summed E-state index contributed by atoms with van der Waals surface area (Å²) in [5.74, 6) is 0.266. The summed E-state index contributed by atoms with van der Waals surface area (Å²) >= 11 is 0. The van der Waals surface area contributed by atoms with E-state index in [0.717, 1.165) is 5.69 Å². The number of benzene rings is 1. The molecule has 7 heteroatoms. The quantitative estimate of drug-likeness (QED) is 0.739. The Labute approximate surface area is 168 Å². The number of carbonyl (C=O) groups is 1. The molecule has 1 aliphatic heterocycles. The molecule has 0 aliphatic carbocycles. The van der Waals surface area contributed by atoms with Gasteiger partial charge >= 0.3 is 0 Å². The van der Waals surface area contributed by atoms with Crippen LogP contribution in [0.2, 0.25) is 0 Å². The van der Waals surface area contributed by atoms with Crippen molar-refractivity contribution in [3.05, 3.63) is 59.5 Å². The van der Waals surface area contributed by atoms with Crippen molar-refractivity contribution in [1.82, 2.24) is 9.88 Å². The number of fused-ring (bicyclic) bond motifs is 1. The zero-order valence-electron chi connectivity index (χ0n) is 16.4. The second-order valence-corrected chi connectivity index (χ2v) is 7.68. The lowest BCUT2D eigenvalue weighted by atomic mass is 10.1. The van der Waals surface area contributed by atoms with Crippen LogP contribution in [0.4, 0.5) is 5.69 Å². The molecule has 1 amide bonds. The molecule has 0 spiro atoms. The lowest BCUT2D eigenvalue weighted by Crippen LogP contribution is -2.48. The molecule has 29 heavy (non-hydrogen) atoms. The molecule has 2 aromatic heterocycles. The van der Waals surface area contributed by atoms with Crippen molar-refractivity contribution in [3.8, 4) is 6.07 Å². The highest BCUT2D eigenvalue weighted by molar-refractivity contribution is 6.04. The minimum Gasteiger partial charge on any atom is -0.455 e. The second kappa shape index (κ2) is 7.22. The largest absolute Gasteiger partial charge is 0.455 e. The Bertz CT molecular complexity index is 1100. The summed E-state index contributed by atoms with van der Waals surface area (Å²) in [6.45, 7) is 5.76. The molecular formula is C22H22N4O3. The summed E-state index contributed by atoms with van der Waals surface area (Å²) < 4.78 is 5.79. The Morgan fingerprint density at radius 3 is 2.66 bits per heavy atom. The number of nitriles is 1. The maximum Gasteiger partial charge on any atom is 0.257 e. The molecule has 148 valence electrons. The van der Waals surface area contributed by atoms with E-state index in [0.29, 0.717) is 54.2 Å². The van der Waals surface area contributed by atoms with Gasteiger partial charge in [-0.25, -0.2) is 0 Å². The van der Waals surface area contributed by atoms with E-state index in [9.17, 15) is 9.90 Å². The highest BCUT2D eigenvalue weighted by Gasteiger charge is 2.27. The summed E-state index contributed by atoms with van der Waals surface area (Å²) in [4.78, 5) is 21.4. The molecule has 1 fully saturated rings. The number of piperazine rings is 1. The van der Waals surface area contributed by atoms with Crippen molar-refractivity contribution >= 4 is 22.7 Å². The van der Waals surface area contributed by atoms with Gasteiger partial charge in [-0.3, -0.25) is 9.78 Å². The molecule has 0 radical (unpaired) electrons. The Balaban J connectivity index is 1.53. The summed E-state index contributed by atoms with van der Waals surface area (Å²) in [6.07, 6.45) is 1.59. The zero-order valence-corrected chi connectivity index (χ0v) is 16.4. The molecule has 3 heterocycles. The van der Waals surface area contributed by atoms with Crippen LogP contribution in [-0.4, -0.2) is 47.1 Å². The third-order valence-electron chi connectivity index (χ3n) is 5.15. The van der Waals surface area contributed by atoms with E-state index in [1.54, 1.807) is 43.1 Å². The smallest absolute Gasteiger partial charge is 0.257 e. The van der Waals surface area contributed by atoms with Gasteiger partial charge in [0.25, 0.3) is 5.91 Å². The van der Waals surface area contributed by atoms with Crippen LogP contribution in [0, 0.1) is 11.3 Å². The summed E-state index contributed by atoms with van der Waals surface area (Å²) in [5.41, 5.74) is 1.87. The van der Waals surface area contributed by atoms with Crippen molar-refractivity contribution in [3.63, 3.8) is 0 Å². The number of amides is 1. The van der Waals surface area contributed by atoms with Crippen LogP contribution < -0.4 is 4.90 Å². The molecular weight excluding hydrogens is 368 g/mol. The lowest BCUT2D eigenvalue weighted by molar-refractivity contribution is 0.0555. The summed E-state index contributed by atoms with van der Waals surface area (Å²) in [5, 5.41) is 19.3. The Morgan fingerprint density at radius 2 is 1.97 bits per heavy atom. The van der Waals surface area contributed by atoms with Gasteiger partial charge in [0, 0.05) is 44.1 Å². The van der Waals surface area contributed by atoms with Crippen LogP contribution in [0.15, 0.2) is 47.0 Å². The van der Waals surface area contributed by atoms with E-state index in [2.05, 4.69) is 16.0 Å². The molecule has 0 bridgehead atoms. The molecule has 7 nitrogen and oxygen atoms in total.